The number of aromatic carboxylic acids is 1. The van der Waals surface area contributed by atoms with Crippen LogP contribution in [0.1, 0.15) is 15.9 Å². The van der Waals surface area contributed by atoms with Crippen molar-refractivity contribution in [2.75, 3.05) is 0 Å². The van der Waals surface area contributed by atoms with Gasteiger partial charge in [0.2, 0.25) is 0 Å². The van der Waals surface area contributed by atoms with E-state index in [9.17, 15) is 9.18 Å². The first-order valence-electron chi connectivity index (χ1n) is 5.67. The molecule has 0 fully saturated rings. The van der Waals surface area contributed by atoms with Crippen LogP contribution in [0.25, 0.3) is 0 Å². The Morgan fingerprint density at radius 3 is 2.57 bits per heavy atom. The van der Waals surface area contributed by atoms with Gasteiger partial charge in [-0.05, 0) is 34.1 Å². The van der Waals surface area contributed by atoms with Crippen molar-refractivity contribution in [3.63, 3.8) is 0 Å². The molecule has 0 heterocycles. The molecule has 0 aromatic heterocycles. The van der Waals surface area contributed by atoms with Gasteiger partial charge in [0.25, 0.3) is 0 Å². The summed E-state index contributed by atoms with van der Waals surface area (Å²) in [5.74, 6) is -1.27. The number of hydrogen-bond acceptors (Lipinski definition) is 2. The van der Waals surface area contributed by atoms with Gasteiger partial charge in [-0.2, -0.15) is 0 Å². The summed E-state index contributed by atoms with van der Waals surface area (Å²) in [5.41, 5.74) is 0.909. The second kappa shape index (κ2) is 6.77. The number of benzene rings is 2. The molecular formula is C14H8Br2ClFO3. The predicted molar refractivity (Wildman–Crippen MR) is 84.5 cm³/mol. The van der Waals surface area contributed by atoms with E-state index in [0.717, 1.165) is 5.56 Å². The zero-order valence-corrected chi connectivity index (χ0v) is 14.3. The maximum atomic E-state index is 13.4. The third kappa shape index (κ3) is 3.96. The largest absolute Gasteiger partial charge is 0.488 e. The lowest BCUT2D eigenvalue weighted by Gasteiger charge is -2.11. The Labute approximate surface area is 141 Å². The Kier molecular flexibility index (Phi) is 5.24. The molecule has 0 amide bonds. The van der Waals surface area contributed by atoms with E-state index in [-0.39, 0.29) is 17.2 Å². The average Bonchev–Trinajstić information content (AvgIpc) is 2.42. The molecule has 0 aliphatic heterocycles. The van der Waals surface area contributed by atoms with Crippen LogP contribution >= 0.6 is 43.5 Å². The summed E-state index contributed by atoms with van der Waals surface area (Å²) in [7, 11) is 0. The zero-order valence-electron chi connectivity index (χ0n) is 10.4. The summed E-state index contributed by atoms with van der Waals surface area (Å²) < 4.78 is 20.1. The monoisotopic (exact) mass is 436 g/mol. The Balaban J connectivity index is 2.17. The van der Waals surface area contributed by atoms with Crippen LogP contribution in [0.15, 0.2) is 39.3 Å². The average molecular weight is 438 g/mol. The normalized spacial score (nSPS) is 10.5. The molecule has 0 saturated heterocycles. The second-order valence-electron chi connectivity index (χ2n) is 4.10. The van der Waals surface area contributed by atoms with Gasteiger partial charge >= 0.3 is 5.97 Å². The highest BCUT2D eigenvalue weighted by Crippen LogP contribution is 2.31. The highest BCUT2D eigenvalue weighted by Gasteiger charge is 2.10. The van der Waals surface area contributed by atoms with Gasteiger partial charge in [0.1, 0.15) is 18.2 Å². The van der Waals surface area contributed by atoms with Gasteiger partial charge in [-0.25, -0.2) is 9.18 Å². The lowest BCUT2D eigenvalue weighted by atomic mass is 10.1. The van der Waals surface area contributed by atoms with E-state index in [1.54, 1.807) is 6.07 Å². The van der Waals surface area contributed by atoms with E-state index < -0.39 is 11.8 Å². The molecule has 110 valence electrons. The van der Waals surface area contributed by atoms with Crippen LogP contribution in [0, 0.1) is 5.82 Å². The van der Waals surface area contributed by atoms with Gasteiger partial charge in [0.15, 0.2) is 0 Å². The summed E-state index contributed by atoms with van der Waals surface area (Å²) in [4.78, 5) is 10.8. The summed E-state index contributed by atoms with van der Waals surface area (Å²) in [6.45, 7) is 0.153. The molecular weight excluding hydrogens is 430 g/mol. The number of halogens is 4. The smallest absolute Gasteiger partial charge is 0.335 e. The van der Waals surface area contributed by atoms with Crippen LogP contribution in [0.2, 0.25) is 5.02 Å². The highest BCUT2D eigenvalue weighted by molar-refractivity contribution is 9.10. The van der Waals surface area contributed by atoms with E-state index in [2.05, 4.69) is 31.9 Å². The van der Waals surface area contributed by atoms with Gasteiger partial charge in [0, 0.05) is 16.1 Å². The lowest BCUT2D eigenvalue weighted by Crippen LogP contribution is -2.01. The minimum absolute atomic E-state index is 0.00113. The van der Waals surface area contributed by atoms with Crippen molar-refractivity contribution in [2.24, 2.45) is 0 Å². The van der Waals surface area contributed by atoms with Crippen molar-refractivity contribution in [3.8, 4) is 5.75 Å². The number of ether oxygens (including phenoxy) is 1. The van der Waals surface area contributed by atoms with E-state index in [1.807, 2.05) is 0 Å². The summed E-state index contributed by atoms with van der Waals surface area (Å²) in [5, 5.41) is 8.89. The Morgan fingerprint density at radius 1 is 1.24 bits per heavy atom. The van der Waals surface area contributed by atoms with E-state index in [0.29, 0.717) is 14.7 Å². The molecule has 7 heteroatoms. The van der Waals surface area contributed by atoms with Crippen LogP contribution in [-0.2, 0) is 6.61 Å². The summed E-state index contributed by atoms with van der Waals surface area (Å²) >= 11 is 12.2. The maximum absolute atomic E-state index is 13.4. The molecule has 0 aliphatic carbocycles. The first kappa shape index (κ1) is 16.3. The van der Waals surface area contributed by atoms with Gasteiger partial charge in [-0.1, -0.05) is 33.6 Å². The fourth-order valence-corrected chi connectivity index (χ4v) is 2.81. The number of carbonyl (C=O) groups is 1. The first-order chi connectivity index (χ1) is 9.88. The van der Waals surface area contributed by atoms with Crippen molar-refractivity contribution in [1.82, 2.24) is 0 Å². The van der Waals surface area contributed by atoms with Crippen molar-refractivity contribution >= 4 is 49.4 Å². The van der Waals surface area contributed by atoms with Crippen LogP contribution in [0.3, 0.4) is 0 Å². The maximum Gasteiger partial charge on any atom is 0.335 e. The lowest BCUT2D eigenvalue weighted by molar-refractivity contribution is 0.0696. The van der Waals surface area contributed by atoms with E-state index in [4.69, 9.17) is 21.4 Å². The molecule has 0 radical (unpaired) electrons. The number of hydrogen-bond donors (Lipinski definition) is 1. The molecule has 0 spiro atoms. The fourth-order valence-electron chi connectivity index (χ4n) is 1.57. The van der Waals surface area contributed by atoms with Crippen LogP contribution in [-0.4, -0.2) is 11.1 Å². The molecule has 0 aliphatic rings. The molecule has 2 aromatic rings. The molecule has 2 rings (SSSR count). The predicted octanol–water partition coefficient (Wildman–Crippen LogP) is 5.28. The third-order valence-corrected chi connectivity index (χ3v) is 4.31. The quantitative estimate of drug-likeness (QED) is 0.661. The third-order valence-electron chi connectivity index (χ3n) is 2.66. The molecule has 3 nitrogen and oxygen atoms in total. The minimum atomic E-state index is -1.01. The fraction of sp³-hybridized carbons (Fsp3) is 0.0714. The van der Waals surface area contributed by atoms with Crippen molar-refractivity contribution in [1.29, 1.82) is 0 Å². The van der Waals surface area contributed by atoms with Gasteiger partial charge in [-0.3, -0.25) is 0 Å². The van der Waals surface area contributed by atoms with Crippen LogP contribution < -0.4 is 4.74 Å². The molecule has 2 aromatic carbocycles. The summed E-state index contributed by atoms with van der Waals surface area (Å²) in [6.07, 6.45) is 0. The van der Waals surface area contributed by atoms with Crippen LogP contribution in [0.5, 0.6) is 5.75 Å². The first-order valence-corrected chi connectivity index (χ1v) is 7.64. The Bertz CT molecular complexity index is 707. The van der Waals surface area contributed by atoms with Crippen molar-refractivity contribution in [2.45, 2.75) is 6.61 Å². The molecule has 0 unspecified atom stereocenters. The highest BCUT2D eigenvalue weighted by atomic mass is 79.9. The second-order valence-corrected chi connectivity index (χ2v) is 6.21. The SMILES string of the molecule is O=C(O)c1ccc(COc2cc(F)c(Cl)cc2Br)c(Br)c1. The Morgan fingerprint density at radius 2 is 1.95 bits per heavy atom. The van der Waals surface area contributed by atoms with E-state index in [1.165, 1.54) is 24.3 Å². The molecule has 0 saturated carbocycles. The van der Waals surface area contributed by atoms with Gasteiger partial charge in [0.05, 0.1) is 15.1 Å². The van der Waals surface area contributed by atoms with Gasteiger partial charge in [-0.15, -0.1) is 0 Å². The zero-order chi connectivity index (χ0) is 15.6. The van der Waals surface area contributed by atoms with Crippen LogP contribution in [0.4, 0.5) is 4.39 Å². The molecule has 21 heavy (non-hydrogen) atoms. The molecule has 1 N–H and O–H groups in total. The minimum Gasteiger partial charge on any atom is -0.488 e. The van der Waals surface area contributed by atoms with Crippen molar-refractivity contribution in [3.05, 3.63) is 61.2 Å². The Hall–Kier alpha value is -1.11. The van der Waals surface area contributed by atoms with Crippen molar-refractivity contribution < 1.29 is 19.0 Å². The van der Waals surface area contributed by atoms with E-state index >= 15 is 0 Å². The number of carboxylic acid groups (broad SMARTS) is 1. The summed E-state index contributed by atoms with van der Waals surface area (Å²) in [6, 6.07) is 7.19. The van der Waals surface area contributed by atoms with Gasteiger partial charge < -0.3 is 9.84 Å². The number of rotatable bonds is 4. The number of carboxylic acids is 1. The standard InChI is InChI=1S/C14H8Br2ClFO3/c15-9-3-7(14(19)20)1-2-8(9)6-21-13-5-12(18)11(17)4-10(13)16/h1-5H,6H2,(H,19,20). The topological polar surface area (TPSA) is 46.5 Å². The molecule has 0 atom stereocenters. The molecule has 0 bridgehead atoms.